The molecule has 5 nitrogen and oxygen atoms in total. The zero-order valence-corrected chi connectivity index (χ0v) is 14.3. The highest BCUT2D eigenvalue weighted by Gasteiger charge is 2.05. The Morgan fingerprint density at radius 3 is 2.74 bits per heavy atom. The van der Waals surface area contributed by atoms with E-state index in [4.69, 9.17) is 16.3 Å². The molecule has 0 N–H and O–H groups in total. The summed E-state index contributed by atoms with van der Waals surface area (Å²) in [4.78, 5) is 0. The third-order valence-electron chi connectivity index (χ3n) is 3.05. The van der Waals surface area contributed by atoms with Gasteiger partial charge in [0.2, 0.25) is 0 Å². The second-order valence-corrected chi connectivity index (χ2v) is 5.97. The van der Waals surface area contributed by atoms with Crippen LogP contribution in [0.4, 0.5) is 0 Å². The molecule has 0 spiro atoms. The molecule has 1 aromatic heterocycles. The van der Waals surface area contributed by atoms with Crippen molar-refractivity contribution < 1.29 is 4.74 Å². The molecule has 0 aliphatic rings. The molecule has 0 aliphatic heterocycles. The fourth-order valence-corrected chi connectivity index (χ4v) is 2.48. The maximum atomic E-state index is 6.15. The minimum Gasteiger partial charge on any atom is -0.488 e. The van der Waals surface area contributed by atoms with Crippen LogP contribution in [0, 0.1) is 0 Å². The summed E-state index contributed by atoms with van der Waals surface area (Å²) in [5.41, 5.74) is 1.76. The first-order chi connectivity index (χ1) is 11.2. The lowest BCUT2D eigenvalue weighted by Crippen LogP contribution is -1.99. The van der Waals surface area contributed by atoms with Gasteiger partial charge in [0.05, 0.1) is 6.21 Å². The molecule has 3 rings (SSSR count). The summed E-state index contributed by atoms with van der Waals surface area (Å²) >= 11 is 9.61. The molecular formula is C16H12BrClN4O. The molecule has 0 amide bonds. The van der Waals surface area contributed by atoms with E-state index in [2.05, 4.69) is 31.2 Å². The molecule has 3 aromatic rings. The first kappa shape index (κ1) is 15.7. The Morgan fingerprint density at radius 1 is 1.17 bits per heavy atom. The van der Waals surface area contributed by atoms with Crippen LogP contribution in [0.2, 0.25) is 5.02 Å². The van der Waals surface area contributed by atoms with Crippen LogP contribution in [-0.4, -0.2) is 21.1 Å². The van der Waals surface area contributed by atoms with Gasteiger partial charge < -0.3 is 4.74 Å². The predicted octanol–water partition coefficient (Wildman–Crippen LogP) is 4.16. The van der Waals surface area contributed by atoms with E-state index < -0.39 is 0 Å². The lowest BCUT2D eigenvalue weighted by molar-refractivity contribution is 0.306. The SMILES string of the molecule is Clc1ccccc1COc1ccc(Br)cc1/C=N/n1cnnc1. The summed E-state index contributed by atoms with van der Waals surface area (Å²) in [6, 6.07) is 13.3. The lowest BCUT2D eigenvalue weighted by atomic mass is 10.2. The van der Waals surface area contributed by atoms with Gasteiger partial charge in [-0.25, -0.2) is 4.68 Å². The molecule has 0 saturated heterocycles. The highest BCUT2D eigenvalue weighted by atomic mass is 79.9. The number of ether oxygens (including phenoxy) is 1. The molecule has 0 saturated carbocycles. The van der Waals surface area contributed by atoms with Gasteiger partial charge in [-0.2, -0.15) is 5.10 Å². The van der Waals surface area contributed by atoms with Crippen molar-refractivity contribution in [2.45, 2.75) is 6.61 Å². The van der Waals surface area contributed by atoms with Gasteiger partial charge in [0, 0.05) is 20.6 Å². The van der Waals surface area contributed by atoms with E-state index in [1.165, 1.54) is 17.3 Å². The monoisotopic (exact) mass is 390 g/mol. The van der Waals surface area contributed by atoms with Crippen LogP contribution in [0.15, 0.2) is 64.7 Å². The zero-order chi connectivity index (χ0) is 16.1. The normalized spacial score (nSPS) is 11.0. The summed E-state index contributed by atoms with van der Waals surface area (Å²) in [5.74, 6) is 0.713. The number of aromatic nitrogens is 3. The maximum Gasteiger partial charge on any atom is 0.141 e. The average Bonchev–Trinajstić information content (AvgIpc) is 3.07. The van der Waals surface area contributed by atoms with Gasteiger partial charge in [0.25, 0.3) is 0 Å². The predicted molar refractivity (Wildman–Crippen MR) is 92.9 cm³/mol. The van der Waals surface area contributed by atoms with Gasteiger partial charge in [-0.1, -0.05) is 45.7 Å². The molecule has 0 bridgehead atoms. The fraction of sp³-hybridized carbons (Fsp3) is 0.0625. The molecule has 0 atom stereocenters. The van der Waals surface area contributed by atoms with Gasteiger partial charge in [0.15, 0.2) is 0 Å². The number of hydrogen-bond acceptors (Lipinski definition) is 4. The number of rotatable bonds is 5. The smallest absolute Gasteiger partial charge is 0.141 e. The van der Waals surface area contributed by atoms with Crippen LogP contribution in [0.5, 0.6) is 5.75 Å². The van der Waals surface area contributed by atoms with Crippen LogP contribution in [0.3, 0.4) is 0 Å². The van der Waals surface area contributed by atoms with Gasteiger partial charge in [-0.05, 0) is 24.3 Å². The molecule has 116 valence electrons. The molecule has 23 heavy (non-hydrogen) atoms. The van der Waals surface area contributed by atoms with Crippen molar-refractivity contribution >= 4 is 33.7 Å². The maximum absolute atomic E-state index is 6.15. The molecular weight excluding hydrogens is 380 g/mol. The van der Waals surface area contributed by atoms with E-state index in [0.29, 0.717) is 17.4 Å². The standard InChI is InChI=1S/C16H12BrClN4O/c17-14-5-6-16(23-9-12-3-1-2-4-15(12)18)13(7-14)8-21-22-10-19-20-11-22/h1-8,10-11H,9H2/b21-8+. The zero-order valence-electron chi connectivity index (χ0n) is 11.9. The number of benzene rings is 2. The van der Waals surface area contributed by atoms with Crippen LogP contribution in [-0.2, 0) is 6.61 Å². The van der Waals surface area contributed by atoms with Crippen molar-refractivity contribution in [1.29, 1.82) is 0 Å². The number of halogens is 2. The molecule has 1 heterocycles. The van der Waals surface area contributed by atoms with E-state index in [0.717, 1.165) is 15.6 Å². The molecule has 0 radical (unpaired) electrons. The first-order valence-corrected chi connectivity index (χ1v) is 7.94. The Kier molecular flexibility index (Phi) is 5.05. The Labute approximate surface area is 146 Å². The van der Waals surface area contributed by atoms with E-state index in [9.17, 15) is 0 Å². The third kappa shape index (κ3) is 4.18. The number of nitrogens with zero attached hydrogens (tertiary/aromatic N) is 4. The minimum absolute atomic E-state index is 0.384. The quantitative estimate of drug-likeness (QED) is 0.614. The largest absolute Gasteiger partial charge is 0.488 e. The number of hydrogen-bond donors (Lipinski definition) is 0. The van der Waals surface area contributed by atoms with Gasteiger partial charge >= 0.3 is 0 Å². The second kappa shape index (κ2) is 7.39. The van der Waals surface area contributed by atoms with Gasteiger partial charge in [-0.15, -0.1) is 10.2 Å². The Bertz CT molecular complexity index is 821. The van der Waals surface area contributed by atoms with Crippen LogP contribution < -0.4 is 4.74 Å². The van der Waals surface area contributed by atoms with Crippen molar-refractivity contribution in [3.63, 3.8) is 0 Å². The van der Waals surface area contributed by atoms with E-state index in [-0.39, 0.29) is 0 Å². The molecule has 0 fully saturated rings. The highest BCUT2D eigenvalue weighted by molar-refractivity contribution is 9.10. The average molecular weight is 392 g/mol. The second-order valence-electron chi connectivity index (χ2n) is 4.65. The fourth-order valence-electron chi connectivity index (χ4n) is 1.91. The van der Waals surface area contributed by atoms with Crippen molar-refractivity contribution in [3.8, 4) is 5.75 Å². The highest BCUT2D eigenvalue weighted by Crippen LogP contribution is 2.24. The van der Waals surface area contributed by atoms with Crippen molar-refractivity contribution in [2.75, 3.05) is 0 Å². The summed E-state index contributed by atoms with van der Waals surface area (Å²) in [6.45, 7) is 0.384. The van der Waals surface area contributed by atoms with Gasteiger partial charge in [-0.3, -0.25) is 0 Å². The van der Waals surface area contributed by atoms with E-state index in [1.54, 1.807) is 6.21 Å². The van der Waals surface area contributed by atoms with Crippen molar-refractivity contribution in [1.82, 2.24) is 14.9 Å². The van der Waals surface area contributed by atoms with Crippen molar-refractivity contribution in [3.05, 3.63) is 75.7 Å². The van der Waals surface area contributed by atoms with Crippen LogP contribution in [0.1, 0.15) is 11.1 Å². The first-order valence-electron chi connectivity index (χ1n) is 6.77. The topological polar surface area (TPSA) is 52.3 Å². The third-order valence-corrected chi connectivity index (χ3v) is 3.91. The molecule has 0 unspecified atom stereocenters. The Balaban J connectivity index is 1.80. The van der Waals surface area contributed by atoms with E-state index in [1.807, 2.05) is 42.5 Å². The van der Waals surface area contributed by atoms with Crippen LogP contribution in [0.25, 0.3) is 0 Å². The minimum atomic E-state index is 0.384. The van der Waals surface area contributed by atoms with E-state index >= 15 is 0 Å². The summed E-state index contributed by atoms with van der Waals surface area (Å²) in [6.07, 6.45) is 4.72. The Hall–Kier alpha value is -2.18. The molecule has 7 heteroatoms. The van der Waals surface area contributed by atoms with Gasteiger partial charge in [0.1, 0.15) is 25.0 Å². The lowest BCUT2D eigenvalue weighted by Gasteiger charge is -2.10. The summed E-state index contributed by atoms with van der Waals surface area (Å²) in [7, 11) is 0. The molecule has 2 aromatic carbocycles. The molecule has 0 aliphatic carbocycles. The summed E-state index contributed by atoms with van der Waals surface area (Å²) < 4.78 is 8.34. The van der Waals surface area contributed by atoms with Crippen LogP contribution >= 0.6 is 27.5 Å². The Morgan fingerprint density at radius 2 is 1.96 bits per heavy atom. The van der Waals surface area contributed by atoms with Crippen molar-refractivity contribution in [2.24, 2.45) is 5.10 Å². The summed E-state index contributed by atoms with van der Waals surface area (Å²) in [5, 5.41) is 12.3.